The van der Waals surface area contributed by atoms with Crippen LogP contribution in [-0.2, 0) is 7.05 Å². The quantitative estimate of drug-likeness (QED) is 0.906. The van der Waals surface area contributed by atoms with Crippen LogP contribution in [0.3, 0.4) is 0 Å². The van der Waals surface area contributed by atoms with Gasteiger partial charge in [-0.3, -0.25) is 4.68 Å². The molecule has 1 aromatic heterocycles. The molecule has 0 fully saturated rings. The molecule has 0 bridgehead atoms. The van der Waals surface area contributed by atoms with Gasteiger partial charge in [-0.1, -0.05) is 38.5 Å². The van der Waals surface area contributed by atoms with E-state index in [4.69, 9.17) is 10.5 Å². The first-order valence-electron chi connectivity index (χ1n) is 7.05. The Balaban J connectivity index is 2.60. The lowest BCUT2D eigenvalue weighted by atomic mass is 9.94. The lowest BCUT2D eigenvalue weighted by Gasteiger charge is -2.13. The van der Waals surface area contributed by atoms with Gasteiger partial charge in [-0.05, 0) is 12.5 Å². The first-order chi connectivity index (χ1) is 9.60. The van der Waals surface area contributed by atoms with Crippen molar-refractivity contribution in [3.05, 3.63) is 30.0 Å². The van der Waals surface area contributed by atoms with Gasteiger partial charge in [0.25, 0.3) is 0 Å². The summed E-state index contributed by atoms with van der Waals surface area (Å²) >= 11 is 0. The standard InChI is InChI=1S/C16H23N3O/c1-5-8-11(2)15-14(16(17)19(3)18-15)12-9-6-7-10-13(12)20-4/h6-7,9-11H,5,8,17H2,1-4H3. The maximum Gasteiger partial charge on any atom is 0.129 e. The zero-order valence-electron chi connectivity index (χ0n) is 12.7. The van der Waals surface area contributed by atoms with Crippen LogP contribution in [0.15, 0.2) is 24.3 Å². The van der Waals surface area contributed by atoms with Crippen LogP contribution in [0.5, 0.6) is 5.75 Å². The predicted molar refractivity (Wildman–Crippen MR) is 82.9 cm³/mol. The van der Waals surface area contributed by atoms with Crippen molar-refractivity contribution in [3.63, 3.8) is 0 Å². The fourth-order valence-corrected chi connectivity index (χ4v) is 2.60. The van der Waals surface area contributed by atoms with Crippen LogP contribution in [-0.4, -0.2) is 16.9 Å². The highest BCUT2D eigenvalue weighted by molar-refractivity contribution is 5.81. The fraction of sp³-hybridized carbons (Fsp3) is 0.438. The van der Waals surface area contributed by atoms with Crippen LogP contribution in [0, 0.1) is 0 Å². The third kappa shape index (κ3) is 2.50. The van der Waals surface area contributed by atoms with Gasteiger partial charge in [0, 0.05) is 18.5 Å². The van der Waals surface area contributed by atoms with E-state index in [0.717, 1.165) is 35.4 Å². The smallest absolute Gasteiger partial charge is 0.129 e. The Morgan fingerprint density at radius 1 is 1.35 bits per heavy atom. The van der Waals surface area contributed by atoms with Gasteiger partial charge in [0.15, 0.2) is 0 Å². The van der Waals surface area contributed by atoms with Crippen LogP contribution in [0.2, 0.25) is 0 Å². The second-order valence-corrected chi connectivity index (χ2v) is 5.16. The number of ether oxygens (including phenoxy) is 1. The van der Waals surface area contributed by atoms with Crippen LogP contribution >= 0.6 is 0 Å². The molecule has 0 radical (unpaired) electrons. The van der Waals surface area contributed by atoms with Gasteiger partial charge in [-0.15, -0.1) is 0 Å². The SMILES string of the molecule is CCCC(C)c1nn(C)c(N)c1-c1ccccc1OC. The van der Waals surface area contributed by atoms with Gasteiger partial charge in [-0.25, -0.2) is 0 Å². The minimum absolute atomic E-state index is 0.378. The first kappa shape index (κ1) is 14.4. The molecule has 108 valence electrons. The van der Waals surface area contributed by atoms with E-state index in [2.05, 4.69) is 18.9 Å². The van der Waals surface area contributed by atoms with E-state index in [1.165, 1.54) is 0 Å². The van der Waals surface area contributed by atoms with E-state index in [9.17, 15) is 0 Å². The van der Waals surface area contributed by atoms with Crippen molar-refractivity contribution in [1.82, 2.24) is 9.78 Å². The molecule has 1 aromatic carbocycles. The molecule has 0 saturated carbocycles. The summed E-state index contributed by atoms with van der Waals surface area (Å²) in [6, 6.07) is 7.95. The number of nitrogens with two attached hydrogens (primary N) is 1. The van der Waals surface area contributed by atoms with Gasteiger partial charge in [0.1, 0.15) is 11.6 Å². The predicted octanol–water partition coefficient (Wildman–Crippen LogP) is 3.58. The van der Waals surface area contributed by atoms with Gasteiger partial charge in [-0.2, -0.15) is 5.10 Å². The molecule has 1 atom stereocenters. The number of aromatic nitrogens is 2. The fourth-order valence-electron chi connectivity index (χ4n) is 2.60. The average Bonchev–Trinajstić information content (AvgIpc) is 2.75. The van der Waals surface area contributed by atoms with Crippen molar-refractivity contribution < 1.29 is 4.74 Å². The number of nitrogens with zero attached hydrogens (tertiary/aromatic N) is 2. The van der Waals surface area contributed by atoms with Crippen molar-refractivity contribution in [2.45, 2.75) is 32.6 Å². The summed E-state index contributed by atoms with van der Waals surface area (Å²) in [5.74, 6) is 1.90. The number of hydrogen-bond donors (Lipinski definition) is 1. The molecule has 2 aromatic rings. The van der Waals surface area contributed by atoms with Crippen LogP contribution in [0.25, 0.3) is 11.1 Å². The molecule has 20 heavy (non-hydrogen) atoms. The van der Waals surface area contributed by atoms with Crippen LogP contribution in [0.1, 0.15) is 38.3 Å². The lowest BCUT2D eigenvalue weighted by Crippen LogP contribution is -1.98. The Morgan fingerprint density at radius 3 is 2.70 bits per heavy atom. The molecule has 0 aliphatic carbocycles. The van der Waals surface area contributed by atoms with Crippen molar-refractivity contribution in [2.24, 2.45) is 7.05 Å². The van der Waals surface area contributed by atoms with Gasteiger partial charge < -0.3 is 10.5 Å². The third-order valence-electron chi connectivity index (χ3n) is 3.68. The number of aryl methyl sites for hydroxylation is 1. The number of hydrogen-bond acceptors (Lipinski definition) is 3. The maximum atomic E-state index is 6.24. The summed E-state index contributed by atoms with van der Waals surface area (Å²) in [5, 5.41) is 4.62. The molecule has 2 N–H and O–H groups in total. The number of rotatable bonds is 5. The summed E-state index contributed by atoms with van der Waals surface area (Å²) < 4.78 is 7.22. The molecule has 0 aliphatic heterocycles. The molecule has 4 heteroatoms. The highest BCUT2D eigenvalue weighted by Crippen LogP contribution is 2.39. The second kappa shape index (κ2) is 5.99. The molecule has 4 nitrogen and oxygen atoms in total. The Hall–Kier alpha value is -1.97. The van der Waals surface area contributed by atoms with E-state index < -0.39 is 0 Å². The molecule has 1 heterocycles. The Labute approximate surface area is 120 Å². The summed E-state index contributed by atoms with van der Waals surface area (Å²) in [7, 11) is 3.57. The number of para-hydroxylation sites is 1. The molecule has 2 rings (SSSR count). The van der Waals surface area contributed by atoms with Crippen LogP contribution < -0.4 is 10.5 Å². The van der Waals surface area contributed by atoms with Crippen molar-refractivity contribution >= 4 is 5.82 Å². The maximum absolute atomic E-state index is 6.24. The Morgan fingerprint density at radius 2 is 2.05 bits per heavy atom. The minimum Gasteiger partial charge on any atom is -0.496 e. The zero-order chi connectivity index (χ0) is 14.7. The zero-order valence-corrected chi connectivity index (χ0v) is 12.7. The normalized spacial score (nSPS) is 12.4. The average molecular weight is 273 g/mol. The molecular weight excluding hydrogens is 250 g/mol. The minimum atomic E-state index is 0.378. The molecular formula is C16H23N3O. The van der Waals surface area contributed by atoms with E-state index in [1.54, 1.807) is 11.8 Å². The molecule has 0 aliphatic rings. The lowest BCUT2D eigenvalue weighted by molar-refractivity contribution is 0.416. The molecule has 0 amide bonds. The van der Waals surface area contributed by atoms with Gasteiger partial charge in [0.05, 0.1) is 18.4 Å². The van der Waals surface area contributed by atoms with Gasteiger partial charge >= 0.3 is 0 Å². The topological polar surface area (TPSA) is 53.1 Å². The van der Waals surface area contributed by atoms with Crippen molar-refractivity contribution in [2.75, 3.05) is 12.8 Å². The van der Waals surface area contributed by atoms with Crippen molar-refractivity contribution in [1.29, 1.82) is 0 Å². The highest BCUT2D eigenvalue weighted by Gasteiger charge is 2.22. The molecule has 0 saturated heterocycles. The summed E-state index contributed by atoms with van der Waals surface area (Å²) in [4.78, 5) is 0. The van der Waals surface area contributed by atoms with E-state index in [-0.39, 0.29) is 0 Å². The number of methoxy groups -OCH3 is 1. The van der Waals surface area contributed by atoms with E-state index in [0.29, 0.717) is 11.7 Å². The van der Waals surface area contributed by atoms with Crippen LogP contribution in [0.4, 0.5) is 5.82 Å². The molecule has 1 unspecified atom stereocenters. The Bertz CT molecular complexity index is 589. The summed E-state index contributed by atoms with van der Waals surface area (Å²) in [5.41, 5.74) is 9.31. The third-order valence-corrected chi connectivity index (χ3v) is 3.68. The van der Waals surface area contributed by atoms with E-state index >= 15 is 0 Å². The summed E-state index contributed by atoms with van der Waals surface area (Å²) in [6.07, 6.45) is 2.22. The highest BCUT2D eigenvalue weighted by atomic mass is 16.5. The largest absolute Gasteiger partial charge is 0.496 e. The van der Waals surface area contributed by atoms with Crippen molar-refractivity contribution in [3.8, 4) is 16.9 Å². The van der Waals surface area contributed by atoms with E-state index in [1.807, 2.05) is 31.3 Å². The number of benzene rings is 1. The van der Waals surface area contributed by atoms with Gasteiger partial charge in [0.2, 0.25) is 0 Å². The summed E-state index contributed by atoms with van der Waals surface area (Å²) in [6.45, 7) is 4.38. The monoisotopic (exact) mass is 273 g/mol. The second-order valence-electron chi connectivity index (χ2n) is 5.16. The first-order valence-corrected chi connectivity index (χ1v) is 7.05. The Kier molecular flexibility index (Phi) is 4.32. The number of anilines is 1. The molecule has 0 spiro atoms. The number of nitrogen functional groups attached to an aromatic ring is 1.